The second-order valence-electron chi connectivity index (χ2n) is 13.3. The molecule has 3 heterocycles. The van der Waals surface area contributed by atoms with E-state index in [-0.39, 0.29) is 27.9 Å². The van der Waals surface area contributed by atoms with Crippen LogP contribution in [0.3, 0.4) is 0 Å². The maximum atomic E-state index is 16.1. The molecule has 0 spiro atoms. The number of carbonyl (C=O) groups is 2. The lowest BCUT2D eigenvalue weighted by Crippen LogP contribution is -2.44. The van der Waals surface area contributed by atoms with E-state index in [1.54, 1.807) is 41.5 Å². The predicted octanol–water partition coefficient (Wildman–Crippen LogP) is 8.60. The Morgan fingerprint density at radius 1 is 0.837 bits per heavy atom. The molecule has 0 aliphatic rings. The quantitative estimate of drug-likeness (QED) is 0.165. The smallest absolute Gasteiger partial charge is 0.427 e. The zero-order valence-electron chi connectivity index (χ0n) is 27.6. The van der Waals surface area contributed by atoms with Crippen LogP contribution in [0, 0.1) is 17.5 Å². The molecule has 3 aromatic heterocycles. The molecule has 258 valence electrons. The molecule has 0 bridgehead atoms. The van der Waals surface area contributed by atoms with Gasteiger partial charge in [-0.1, -0.05) is 12.1 Å². The van der Waals surface area contributed by atoms with E-state index in [0.717, 1.165) is 35.1 Å². The fourth-order valence-corrected chi connectivity index (χ4v) is 4.95. The fraction of sp³-hybridized carbons (Fsp3) is 0.324. The number of halogens is 5. The van der Waals surface area contributed by atoms with Crippen molar-refractivity contribution in [1.82, 2.24) is 24.4 Å². The van der Waals surface area contributed by atoms with Crippen molar-refractivity contribution in [3.05, 3.63) is 90.1 Å². The number of imide groups is 1. The summed E-state index contributed by atoms with van der Waals surface area (Å²) < 4.78 is 87.3. The summed E-state index contributed by atoms with van der Waals surface area (Å²) in [6.07, 6.45) is 1.47. The molecule has 0 fully saturated rings. The molecule has 1 unspecified atom stereocenters. The van der Waals surface area contributed by atoms with Gasteiger partial charge in [0.15, 0.2) is 5.65 Å². The topological polar surface area (TPSA) is 104 Å². The number of anilines is 1. The van der Waals surface area contributed by atoms with Crippen LogP contribution in [0.2, 0.25) is 0 Å². The average Bonchev–Trinajstić information content (AvgIpc) is 3.59. The SMILES string of the molecule is CC(C)(C)OC(=O)N(C(=O)OC(C)(C)C)c1nc2cc(-c3c(F)ccc(-c4cnn(C(c5ccc(F)cc5)C(C)(F)F)c4)c3F)ccn2n1. The molecule has 0 radical (unpaired) electrons. The molecule has 5 rings (SSSR count). The molecule has 0 N–H and O–H groups in total. The number of pyridine rings is 1. The first-order chi connectivity index (χ1) is 22.7. The van der Waals surface area contributed by atoms with Crippen molar-refractivity contribution in [3.8, 4) is 22.3 Å². The van der Waals surface area contributed by atoms with Crippen molar-refractivity contribution < 1.29 is 41.0 Å². The first-order valence-corrected chi connectivity index (χ1v) is 15.0. The standard InChI is InChI=1S/C34H33F5N6O4/c1-32(2,3)48-30(46)45(31(47)49-33(4,5)6)29-41-25-16-20(14-15-43(25)42-29)26-24(36)13-12-23(27(26)37)21-17-40-44(18-21)28(34(7,38)39)19-8-10-22(35)11-9-19/h8-18,28H,1-7H3. The van der Waals surface area contributed by atoms with Gasteiger partial charge in [0, 0.05) is 30.4 Å². The molecule has 1 atom stereocenters. The van der Waals surface area contributed by atoms with Crippen LogP contribution in [0.15, 0.2) is 67.1 Å². The van der Waals surface area contributed by atoms with Crippen molar-refractivity contribution in [2.24, 2.45) is 0 Å². The van der Waals surface area contributed by atoms with Crippen molar-refractivity contribution in [2.45, 2.75) is 71.6 Å². The van der Waals surface area contributed by atoms with Crippen LogP contribution in [0.4, 0.5) is 37.5 Å². The average molecular weight is 685 g/mol. The molecule has 0 saturated carbocycles. The van der Waals surface area contributed by atoms with E-state index in [0.29, 0.717) is 11.8 Å². The van der Waals surface area contributed by atoms with Crippen LogP contribution in [0.1, 0.15) is 60.1 Å². The summed E-state index contributed by atoms with van der Waals surface area (Å²) in [4.78, 5) is 30.9. The third kappa shape index (κ3) is 7.71. The number of aromatic nitrogens is 5. The van der Waals surface area contributed by atoms with Gasteiger partial charge in [-0.3, -0.25) is 4.68 Å². The molecule has 10 nitrogen and oxygen atoms in total. The maximum absolute atomic E-state index is 16.1. The zero-order valence-corrected chi connectivity index (χ0v) is 27.6. The second-order valence-corrected chi connectivity index (χ2v) is 13.3. The van der Waals surface area contributed by atoms with E-state index in [1.165, 1.54) is 41.2 Å². The number of nitrogens with zero attached hydrogens (tertiary/aromatic N) is 6. The summed E-state index contributed by atoms with van der Waals surface area (Å²) >= 11 is 0. The first-order valence-electron chi connectivity index (χ1n) is 15.0. The number of carbonyl (C=O) groups excluding carboxylic acids is 2. The molecule has 5 aromatic rings. The normalized spacial score (nSPS) is 13.0. The molecule has 2 aromatic carbocycles. The highest BCUT2D eigenvalue weighted by atomic mass is 19.3. The number of fused-ring (bicyclic) bond motifs is 1. The van der Waals surface area contributed by atoms with Gasteiger partial charge in [0.05, 0.1) is 11.8 Å². The van der Waals surface area contributed by atoms with Gasteiger partial charge in [0.25, 0.3) is 11.9 Å². The lowest BCUT2D eigenvalue weighted by Gasteiger charge is -2.26. The minimum Gasteiger partial charge on any atom is -0.443 e. The van der Waals surface area contributed by atoms with E-state index in [9.17, 15) is 22.8 Å². The van der Waals surface area contributed by atoms with E-state index in [2.05, 4.69) is 15.2 Å². The Morgan fingerprint density at radius 3 is 2.02 bits per heavy atom. The monoisotopic (exact) mass is 684 g/mol. The van der Waals surface area contributed by atoms with Crippen LogP contribution >= 0.6 is 0 Å². The van der Waals surface area contributed by atoms with Crippen molar-refractivity contribution in [1.29, 1.82) is 0 Å². The molecular weight excluding hydrogens is 651 g/mol. The highest BCUT2D eigenvalue weighted by molar-refractivity contribution is 6.08. The van der Waals surface area contributed by atoms with Gasteiger partial charge >= 0.3 is 12.2 Å². The van der Waals surface area contributed by atoms with Crippen molar-refractivity contribution >= 4 is 23.8 Å². The van der Waals surface area contributed by atoms with Gasteiger partial charge < -0.3 is 9.47 Å². The number of ether oxygens (including phenoxy) is 2. The highest BCUT2D eigenvalue weighted by Crippen LogP contribution is 2.37. The van der Waals surface area contributed by atoms with Gasteiger partial charge in [-0.25, -0.2) is 36.1 Å². The van der Waals surface area contributed by atoms with Gasteiger partial charge in [0.1, 0.15) is 34.7 Å². The molecule has 49 heavy (non-hydrogen) atoms. The van der Waals surface area contributed by atoms with E-state index >= 15 is 8.78 Å². The first kappa shape index (κ1) is 35.0. The molecule has 0 saturated heterocycles. The summed E-state index contributed by atoms with van der Waals surface area (Å²) in [7, 11) is 0. The number of benzene rings is 2. The summed E-state index contributed by atoms with van der Waals surface area (Å²) in [5.41, 5.74) is -2.41. The molecule has 0 aliphatic carbocycles. The van der Waals surface area contributed by atoms with E-state index in [4.69, 9.17) is 9.47 Å². The Hall–Kier alpha value is -5.34. The van der Waals surface area contributed by atoms with Crippen molar-refractivity contribution in [2.75, 3.05) is 4.90 Å². The molecule has 2 amide bonds. The number of hydrogen-bond donors (Lipinski definition) is 0. The van der Waals surface area contributed by atoms with Gasteiger partial charge in [-0.2, -0.15) is 10.1 Å². The Bertz CT molecular complexity index is 2000. The highest BCUT2D eigenvalue weighted by Gasteiger charge is 2.38. The zero-order chi connectivity index (χ0) is 36.1. The summed E-state index contributed by atoms with van der Waals surface area (Å²) in [5.74, 6) is -6.32. The number of hydrogen-bond acceptors (Lipinski definition) is 7. The van der Waals surface area contributed by atoms with Crippen LogP contribution in [0.5, 0.6) is 0 Å². The fourth-order valence-electron chi connectivity index (χ4n) is 4.95. The Labute approximate surface area is 278 Å². The maximum Gasteiger partial charge on any atom is 0.427 e. The Morgan fingerprint density at radius 2 is 1.45 bits per heavy atom. The Kier molecular flexibility index (Phi) is 8.99. The van der Waals surface area contributed by atoms with Crippen molar-refractivity contribution in [3.63, 3.8) is 0 Å². The van der Waals surface area contributed by atoms with Gasteiger partial charge in [-0.15, -0.1) is 10.00 Å². The van der Waals surface area contributed by atoms with Crippen LogP contribution in [-0.2, 0) is 9.47 Å². The van der Waals surface area contributed by atoms with Gasteiger partial charge in [0.2, 0.25) is 0 Å². The number of amides is 2. The minimum absolute atomic E-state index is 0.00829. The third-order valence-corrected chi connectivity index (χ3v) is 6.90. The van der Waals surface area contributed by atoms with E-state index in [1.807, 2.05) is 0 Å². The summed E-state index contributed by atoms with van der Waals surface area (Å²) in [5, 5.41) is 8.22. The van der Waals surface area contributed by atoms with Gasteiger partial charge in [-0.05, 0) is 89.1 Å². The number of alkyl halides is 2. The largest absolute Gasteiger partial charge is 0.443 e. The van der Waals surface area contributed by atoms with Crippen LogP contribution in [0.25, 0.3) is 27.9 Å². The van der Waals surface area contributed by atoms with Crippen LogP contribution in [-0.4, -0.2) is 53.7 Å². The van der Waals surface area contributed by atoms with E-state index < -0.39 is 64.3 Å². The van der Waals surface area contributed by atoms with Crippen LogP contribution < -0.4 is 4.90 Å². The predicted molar refractivity (Wildman–Crippen MR) is 170 cm³/mol. The third-order valence-electron chi connectivity index (χ3n) is 6.90. The summed E-state index contributed by atoms with van der Waals surface area (Å²) in [6, 6.07) is 7.67. The second kappa shape index (κ2) is 12.6. The molecular formula is C34H33F5N6O4. The molecule has 15 heteroatoms. The summed E-state index contributed by atoms with van der Waals surface area (Å²) in [6.45, 7) is 10.3. The molecule has 0 aliphatic heterocycles. The number of rotatable bonds is 6. The minimum atomic E-state index is -3.34. The Balaban J connectivity index is 1.53. The lowest BCUT2D eigenvalue weighted by atomic mass is 9.99. The lowest BCUT2D eigenvalue weighted by molar-refractivity contribution is -0.0217.